The molecule has 1 N–H and O–H groups in total. The Kier molecular flexibility index (Phi) is 5.61. The van der Waals surface area contributed by atoms with E-state index in [1.165, 1.54) is 25.3 Å². The summed E-state index contributed by atoms with van der Waals surface area (Å²) >= 11 is 6.04. The first kappa shape index (κ1) is 17.6. The van der Waals surface area contributed by atoms with Crippen LogP contribution in [0.3, 0.4) is 0 Å². The quantitative estimate of drug-likeness (QED) is 0.894. The normalized spacial score (nSPS) is 9.96. The smallest absolute Gasteiger partial charge is 0.262 e. The molecule has 0 saturated heterocycles. The Morgan fingerprint density at radius 1 is 1.38 bits per heavy atom. The van der Waals surface area contributed by atoms with Crippen LogP contribution >= 0.6 is 11.6 Å². The standard InChI is InChI=1S/C17H14ClFN2O3/c1-10-3-4-12(7-14(10)19)21-16(22)9-24-17-13(18)5-11(8-20)6-15(17)23-2/h3-7H,9H2,1-2H3,(H,21,22). The van der Waals surface area contributed by atoms with Crippen molar-refractivity contribution in [2.45, 2.75) is 6.92 Å². The maximum atomic E-state index is 13.5. The highest BCUT2D eigenvalue weighted by Crippen LogP contribution is 2.36. The Labute approximate surface area is 143 Å². The Hall–Kier alpha value is -2.78. The molecule has 0 aliphatic rings. The van der Waals surface area contributed by atoms with E-state index in [0.29, 0.717) is 16.8 Å². The average molecular weight is 349 g/mol. The molecule has 5 nitrogen and oxygen atoms in total. The van der Waals surface area contributed by atoms with Crippen molar-refractivity contribution in [2.75, 3.05) is 19.0 Å². The minimum atomic E-state index is -0.485. The van der Waals surface area contributed by atoms with Gasteiger partial charge in [0.05, 0.1) is 23.8 Å². The lowest BCUT2D eigenvalue weighted by atomic mass is 10.2. The number of hydrogen-bond acceptors (Lipinski definition) is 4. The van der Waals surface area contributed by atoms with Crippen molar-refractivity contribution in [3.8, 4) is 17.6 Å². The third kappa shape index (κ3) is 4.15. The van der Waals surface area contributed by atoms with Gasteiger partial charge in [0, 0.05) is 11.8 Å². The van der Waals surface area contributed by atoms with Crippen LogP contribution in [0.1, 0.15) is 11.1 Å². The van der Waals surface area contributed by atoms with Crippen LogP contribution in [-0.2, 0) is 4.79 Å². The number of nitrogens with one attached hydrogen (secondary N) is 1. The molecule has 0 aliphatic heterocycles. The molecule has 0 heterocycles. The number of nitriles is 1. The molecule has 0 spiro atoms. The van der Waals surface area contributed by atoms with E-state index in [0.717, 1.165) is 0 Å². The van der Waals surface area contributed by atoms with Crippen LogP contribution in [0.15, 0.2) is 30.3 Å². The number of carbonyl (C=O) groups is 1. The number of rotatable bonds is 5. The number of nitrogens with zero attached hydrogens (tertiary/aromatic N) is 1. The van der Waals surface area contributed by atoms with Crippen molar-refractivity contribution < 1.29 is 18.7 Å². The minimum Gasteiger partial charge on any atom is -0.493 e. The van der Waals surface area contributed by atoms with E-state index in [1.54, 1.807) is 19.1 Å². The highest BCUT2D eigenvalue weighted by atomic mass is 35.5. The molecule has 2 rings (SSSR count). The molecule has 0 aromatic heterocycles. The fourth-order valence-corrected chi connectivity index (χ4v) is 2.20. The zero-order valence-electron chi connectivity index (χ0n) is 13.0. The molecule has 7 heteroatoms. The van der Waals surface area contributed by atoms with E-state index in [1.807, 2.05) is 6.07 Å². The van der Waals surface area contributed by atoms with E-state index < -0.39 is 11.7 Å². The molecule has 0 radical (unpaired) electrons. The van der Waals surface area contributed by atoms with Gasteiger partial charge in [-0.1, -0.05) is 17.7 Å². The Bertz CT molecular complexity index is 818. The van der Waals surface area contributed by atoms with Crippen LogP contribution in [-0.4, -0.2) is 19.6 Å². The number of methoxy groups -OCH3 is 1. The van der Waals surface area contributed by atoms with E-state index in [2.05, 4.69) is 5.32 Å². The Morgan fingerprint density at radius 2 is 2.12 bits per heavy atom. The van der Waals surface area contributed by atoms with Crippen LogP contribution < -0.4 is 14.8 Å². The predicted molar refractivity (Wildman–Crippen MR) is 88.0 cm³/mol. The van der Waals surface area contributed by atoms with Crippen molar-refractivity contribution in [1.82, 2.24) is 0 Å². The second-order valence-corrected chi connectivity index (χ2v) is 5.31. The zero-order valence-corrected chi connectivity index (χ0v) is 13.8. The van der Waals surface area contributed by atoms with Gasteiger partial charge in [0.2, 0.25) is 0 Å². The third-order valence-electron chi connectivity index (χ3n) is 3.16. The SMILES string of the molecule is COc1cc(C#N)cc(Cl)c1OCC(=O)Nc1ccc(C)c(F)c1. The highest BCUT2D eigenvalue weighted by molar-refractivity contribution is 6.32. The van der Waals surface area contributed by atoms with Gasteiger partial charge >= 0.3 is 0 Å². The van der Waals surface area contributed by atoms with Crippen LogP contribution in [0, 0.1) is 24.1 Å². The van der Waals surface area contributed by atoms with Gasteiger partial charge in [0.1, 0.15) is 5.82 Å². The summed E-state index contributed by atoms with van der Waals surface area (Å²) in [4.78, 5) is 11.9. The molecule has 0 atom stereocenters. The highest BCUT2D eigenvalue weighted by Gasteiger charge is 2.14. The summed E-state index contributed by atoms with van der Waals surface area (Å²) < 4.78 is 23.9. The fraction of sp³-hybridized carbons (Fsp3) is 0.176. The summed E-state index contributed by atoms with van der Waals surface area (Å²) in [5.74, 6) is -0.497. The lowest BCUT2D eigenvalue weighted by Crippen LogP contribution is -2.20. The van der Waals surface area contributed by atoms with Gasteiger partial charge in [-0.15, -0.1) is 0 Å². The molecule has 2 aromatic carbocycles. The van der Waals surface area contributed by atoms with Gasteiger partial charge in [0.25, 0.3) is 5.91 Å². The lowest BCUT2D eigenvalue weighted by Gasteiger charge is -2.13. The summed E-state index contributed by atoms with van der Waals surface area (Å²) in [5, 5.41) is 11.6. The maximum absolute atomic E-state index is 13.5. The van der Waals surface area contributed by atoms with Gasteiger partial charge in [-0.2, -0.15) is 5.26 Å². The second kappa shape index (κ2) is 7.66. The van der Waals surface area contributed by atoms with E-state index >= 15 is 0 Å². The Morgan fingerprint density at radius 3 is 2.75 bits per heavy atom. The molecule has 0 bridgehead atoms. The number of anilines is 1. The largest absolute Gasteiger partial charge is 0.493 e. The number of hydrogen-bond donors (Lipinski definition) is 1. The predicted octanol–water partition coefficient (Wildman–Crippen LogP) is 3.69. The molecule has 0 fully saturated rings. The molecular weight excluding hydrogens is 335 g/mol. The molecule has 124 valence electrons. The number of ether oxygens (including phenoxy) is 2. The van der Waals surface area contributed by atoms with Crippen LogP contribution in [0.25, 0.3) is 0 Å². The number of halogens is 2. The minimum absolute atomic E-state index is 0.153. The molecule has 0 saturated carbocycles. The monoisotopic (exact) mass is 348 g/mol. The van der Waals surface area contributed by atoms with Gasteiger partial charge in [-0.25, -0.2) is 4.39 Å². The zero-order chi connectivity index (χ0) is 17.7. The third-order valence-corrected chi connectivity index (χ3v) is 3.44. The van der Waals surface area contributed by atoms with Gasteiger partial charge in [-0.3, -0.25) is 4.79 Å². The van der Waals surface area contributed by atoms with E-state index in [-0.39, 0.29) is 23.1 Å². The summed E-state index contributed by atoms with van der Waals surface area (Å²) in [7, 11) is 1.40. The van der Waals surface area contributed by atoms with Crippen LogP contribution in [0.2, 0.25) is 5.02 Å². The van der Waals surface area contributed by atoms with Crippen LogP contribution in [0.4, 0.5) is 10.1 Å². The van der Waals surface area contributed by atoms with Crippen molar-refractivity contribution >= 4 is 23.2 Å². The first-order valence-corrected chi connectivity index (χ1v) is 7.29. The van der Waals surface area contributed by atoms with Gasteiger partial charge in [-0.05, 0) is 30.7 Å². The molecule has 0 aliphatic carbocycles. The summed E-state index contributed by atoms with van der Waals surface area (Å²) in [6.45, 7) is 1.28. The fourth-order valence-electron chi connectivity index (χ4n) is 1.93. The van der Waals surface area contributed by atoms with Gasteiger partial charge in [0.15, 0.2) is 18.1 Å². The molecular formula is C17H14ClFN2O3. The number of carbonyl (C=O) groups excluding carboxylic acids is 1. The summed E-state index contributed by atoms with van der Waals surface area (Å²) in [6, 6.07) is 9.18. The van der Waals surface area contributed by atoms with Crippen molar-refractivity contribution in [3.63, 3.8) is 0 Å². The van der Waals surface area contributed by atoms with Gasteiger partial charge < -0.3 is 14.8 Å². The summed E-state index contributed by atoms with van der Waals surface area (Å²) in [6.07, 6.45) is 0. The first-order valence-electron chi connectivity index (χ1n) is 6.91. The second-order valence-electron chi connectivity index (χ2n) is 4.90. The first-order chi connectivity index (χ1) is 11.4. The molecule has 0 unspecified atom stereocenters. The van der Waals surface area contributed by atoms with Crippen molar-refractivity contribution in [2.24, 2.45) is 0 Å². The van der Waals surface area contributed by atoms with E-state index in [9.17, 15) is 9.18 Å². The summed E-state index contributed by atoms with van der Waals surface area (Å²) in [5.41, 5.74) is 1.12. The van der Waals surface area contributed by atoms with Crippen molar-refractivity contribution in [3.05, 3.63) is 52.3 Å². The van der Waals surface area contributed by atoms with Crippen LogP contribution in [0.5, 0.6) is 11.5 Å². The van der Waals surface area contributed by atoms with Crippen molar-refractivity contribution in [1.29, 1.82) is 5.26 Å². The molecule has 1 amide bonds. The van der Waals surface area contributed by atoms with E-state index in [4.69, 9.17) is 26.3 Å². The molecule has 2 aromatic rings. The number of amides is 1. The molecule has 24 heavy (non-hydrogen) atoms. The number of aryl methyl sites for hydroxylation is 1. The number of benzene rings is 2. The Balaban J connectivity index is 2.06. The topological polar surface area (TPSA) is 71.3 Å². The average Bonchev–Trinajstić information content (AvgIpc) is 2.56. The lowest BCUT2D eigenvalue weighted by molar-refractivity contribution is -0.118. The maximum Gasteiger partial charge on any atom is 0.262 e.